The molecule has 0 unspecified atom stereocenters. The normalized spacial score (nSPS) is 14.8. The highest BCUT2D eigenvalue weighted by Gasteiger charge is 2.38. The van der Waals surface area contributed by atoms with Gasteiger partial charge in [-0.05, 0) is 73.7 Å². The van der Waals surface area contributed by atoms with Crippen molar-refractivity contribution >= 4 is 11.8 Å². The first-order valence-corrected chi connectivity index (χ1v) is 11.6. The van der Waals surface area contributed by atoms with Gasteiger partial charge >= 0.3 is 0 Å². The molecule has 0 N–H and O–H groups in total. The molecule has 0 spiro atoms. The van der Waals surface area contributed by atoms with E-state index in [1.165, 1.54) is 35.5 Å². The van der Waals surface area contributed by atoms with E-state index in [4.69, 9.17) is 9.47 Å². The van der Waals surface area contributed by atoms with Gasteiger partial charge in [-0.2, -0.15) is 11.8 Å². The van der Waals surface area contributed by atoms with E-state index in [1.807, 2.05) is 43.3 Å². The van der Waals surface area contributed by atoms with Crippen LogP contribution in [0.2, 0.25) is 0 Å². The summed E-state index contributed by atoms with van der Waals surface area (Å²) < 4.78 is 11.6. The molecule has 4 rings (SSSR count). The number of rotatable bonds is 9. The summed E-state index contributed by atoms with van der Waals surface area (Å²) in [5.41, 5.74) is 3.13. The van der Waals surface area contributed by atoms with Gasteiger partial charge in [0.2, 0.25) is 0 Å². The van der Waals surface area contributed by atoms with Crippen molar-refractivity contribution in [2.45, 2.75) is 31.6 Å². The van der Waals surface area contributed by atoms with E-state index >= 15 is 0 Å². The fourth-order valence-electron chi connectivity index (χ4n) is 3.90. The Morgan fingerprint density at radius 2 is 1.59 bits per heavy atom. The molecule has 3 aromatic carbocycles. The van der Waals surface area contributed by atoms with Crippen LogP contribution in [-0.4, -0.2) is 18.1 Å². The Morgan fingerprint density at radius 3 is 2.28 bits per heavy atom. The number of ether oxygens (including phenoxy) is 2. The number of thioether (sulfide) groups is 1. The van der Waals surface area contributed by atoms with E-state index in [-0.39, 0.29) is 0 Å². The number of hydrogen-bond donors (Lipinski definition) is 0. The van der Waals surface area contributed by atoms with Gasteiger partial charge in [0.1, 0.15) is 17.2 Å². The van der Waals surface area contributed by atoms with Gasteiger partial charge in [-0.3, -0.25) is 0 Å². The average molecular weight is 405 g/mol. The van der Waals surface area contributed by atoms with Crippen molar-refractivity contribution < 1.29 is 9.47 Å². The van der Waals surface area contributed by atoms with Crippen LogP contribution in [0.15, 0.2) is 78.9 Å². The van der Waals surface area contributed by atoms with Crippen LogP contribution < -0.4 is 9.47 Å². The molecule has 0 bridgehead atoms. The minimum atomic E-state index is 0.327. The van der Waals surface area contributed by atoms with E-state index in [2.05, 4.69) is 54.2 Å². The smallest absolute Gasteiger partial charge is 0.127 e. The van der Waals surface area contributed by atoms with E-state index in [9.17, 15) is 0 Å². The summed E-state index contributed by atoms with van der Waals surface area (Å²) in [5, 5.41) is 0. The zero-order valence-corrected chi connectivity index (χ0v) is 17.8. The third-order valence-electron chi connectivity index (χ3n) is 5.53. The van der Waals surface area contributed by atoms with Crippen LogP contribution in [0.4, 0.5) is 0 Å². The van der Waals surface area contributed by atoms with Crippen LogP contribution >= 0.6 is 11.8 Å². The molecule has 1 aliphatic rings. The fourth-order valence-corrected chi connectivity index (χ4v) is 5.21. The maximum absolute atomic E-state index is 5.98. The predicted octanol–water partition coefficient (Wildman–Crippen LogP) is 6.89. The second kappa shape index (κ2) is 9.41. The third kappa shape index (κ3) is 4.97. The third-order valence-corrected chi connectivity index (χ3v) is 7.05. The van der Waals surface area contributed by atoms with Gasteiger partial charge in [-0.15, -0.1) is 0 Å². The Morgan fingerprint density at radius 1 is 0.828 bits per heavy atom. The lowest BCUT2D eigenvalue weighted by Crippen LogP contribution is -2.40. The first-order chi connectivity index (χ1) is 14.3. The molecule has 1 heterocycles. The van der Waals surface area contributed by atoms with Crippen molar-refractivity contribution in [3.8, 4) is 17.2 Å². The molecular formula is C26H28O2S. The van der Waals surface area contributed by atoms with Gasteiger partial charge in [-0.25, -0.2) is 0 Å². The maximum Gasteiger partial charge on any atom is 0.127 e. The fraction of sp³-hybridized carbons (Fsp3) is 0.308. The first kappa shape index (κ1) is 19.9. The number of aryl methyl sites for hydroxylation is 1. The van der Waals surface area contributed by atoms with Gasteiger partial charge in [0, 0.05) is 16.9 Å². The first-order valence-electron chi connectivity index (χ1n) is 10.4. The highest BCUT2D eigenvalue weighted by Crippen LogP contribution is 2.45. The van der Waals surface area contributed by atoms with Crippen LogP contribution in [0.5, 0.6) is 17.2 Å². The molecule has 3 aromatic rings. The number of para-hydroxylation sites is 1. The van der Waals surface area contributed by atoms with Gasteiger partial charge in [0.25, 0.3) is 0 Å². The van der Waals surface area contributed by atoms with Crippen LogP contribution in [0, 0.1) is 0 Å². The summed E-state index contributed by atoms with van der Waals surface area (Å²) >= 11 is 2.05. The molecule has 0 saturated carbocycles. The molecular weight excluding hydrogens is 376 g/mol. The number of benzene rings is 3. The van der Waals surface area contributed by atoms with E-state index in [0.717, 1.165) is 23.7 Å². The molecule has 0 atom stereocenters. The Labute approximate surface area is 178 Å². The Kier molecular flexibility index (Phi) is 6.46. The van der Waals surface area contributed by atoms with Crippen LogP contribution in [0.25, 0.3) is 0 Å². The van der Waals surface area contributed by atoms with Gasteiger partial charge in [-0.1, -0.05) is 42.5 Å². The zero-order chi connectivity index (χ0) is 19.9. The number of hydrogen-bond acceptors (Lipinski definition) is 3. The molecule has 0 radical (unpaired) electrons. The molecule has 3 heteroatoms. The Bertz CT molecular complexity index is 902. The molecule has 1 aliphatic heterocycles. The van der Waals surface area contributed by atoms with Crippen LogP contribution in [-0.2, 0) is 11.8 Å². The summed E-state index contributed by atoms with van der Waals surface area (Å²) in [6.45, 7) is 2.74. The minimum Gasteiger partial charge on any atom is -0.494 e. The predicted molar refractivity (Wildman–Crippen MR) is 123 cm³/mol. The summed E-state index contributed by atoms with van der Waals surface area (Å²) in [6, 6.07) is 27.2. The highest BCUT2D eigenvalue weighted by atomic mass is 32.2. The van der Waals surface area contributed by atoms with Crippen molar-refractivity contribution in [2.24, 2.45) is 0 Å². The van der Waals surface area contributed by atoms with Crippen molar-refractivity contribution in [3.63, 3.8) is 0 Å². The summed E-state index contributed by atoms with van der Waals surface area (Å²) in [7, 11) is 0. The van der Waals surface area contributed by atoms with Gasteiger partial charge in [0.05, 0.1) is 6.61 Å². The topological polar surface area (TPSA) is 18.5 Å². The zero-order valence-electron chi connectivity index (χ0n) is 17.0. The summed E-state index contributed by atoms with van der Waals surface area (Å²) in [6.07, 6.45) is 3.48. The molecule has 2 nitrogen and oxygen atoms in total. The lowest BCUT2D eigenvalue weighted by Gasteiger charge is -2.42. The standard InChI is InChI=1S/C26H28O2S/c1-2-27-23-15-13-22(14-16-23)26(19-29-20-26)17-7-9-21-8-6-12-25(18-21)28-24-10-4-3-5-11-24/h3-6,8,10-16,18H,2,7,9,17,19-20H2,1H3. The van der Waals surface area contributed by atoms with Gasteiger partial charge < -0.3 is 9.47 Å². The minimum absolute atomic E-state index is 0.327. The van der Waals surface area contributed by atoms with E-state index in [0.29, 0.717) is 12.0 Å². The summed E-state index contributed by atoms with van der Waals surface area (Å²) in [4.78, 5) is 0. The molecule has 1 saturated heterocycles. The lowest BCUT2D eigenvalue weighted by atomic mass is 9.78. The van der Waals surface area contributed by atoms with Crippen LogP contribution in [0.3, 0.4) is 0 Å². The van der Waals surface area contributed by atoms with E-state index < -0.39 is 0 Å². The van der Waals surface area contributed by atoms with E-state index in [1.54, 1.807) is 0 Å². The molecule has 29 heavy (non-hydrogen) atoms. The van der Waals surface area contributed by atoms with Crippen molar-refractivity contribution in [1.29, 1.82) is 0 Å². The largest absolute Gasteiger partial charge is 0.494 e. The van der Waals surface area contributed by atoms with Crippen molar-refractivity contribution in [2.75, 3.05) is 18.1 Å². The second-order valence-electron chi connectivity index (χ2n) is 7.65. The highest BCUT2D eigenvalue weighted by molar-refractivity contribution is 8.00. The molecule has 0 aliphatic carbocycles. The SMILES string of the molecule is CCOc1ccc(C2(CCCc3cccc(Oc4ccccc4)c3)CSC2)cc1. The molecule has 0 amide bonds. The average Bonchev–Trinajstić information content (AvgIpc) is 2.72. The lowest BCUT2D eigenvalue weighted by molar-refractivity contribution is 0.339. The van der Waals surface area contributed by atoms with Crippen molar-refractivity contribution in [3.05, 3.63) is 90.0 Å². The van der Waals surface area contributed by atoms with Crippen LogP contribution in [0.1, 0.15) is 30.9 Å². The Hall–Kier alpha value is -2.39. The molecule has 150 valence electrons. The molecule has 0 aromatic heterocycles. The van der Waals surface area contributed by atoms with Crippen molar-refractivity contribution in [1.82, 2.24) is 0 Å². The maximum atomic E-state index is 5.98. The Balaban J connectivity index is 1.36. The monoisotopic (exact) mass is 404 g/mol. The second-order valence-corrected chi connectivity index (χ2v) is 8.63. The quantitative estimate of drug-likeness (QED) is 0.387. The summed E-state index contributed by atoms with van der Waals surface area (Å²) in [5.74, 6) is 5.20. The molecule has 1 fully saturated rings. The van der Waals surface area contributed by atoms with Gasteiger partial charge in [0.15, 0.2) is 0 Å².